The summed E-state index contributed by atoms with van der Waals surface area (Å²) in [4.78, 5) is 22.5. The molecule has 0 spiro atoms. The van der Waals surface area contributed by atoms with Crippen LogP contribution in [0.5, 0.6) is 5.75 Å². The zero-order chi connectivity index (χ0) is 17.9. The van der Waals surface area contributed by atoms with E-state index in [-0.39, 0.29) is 5.56 Å². The average Bonchev–Trinajstić information content (AvgIpc) is 3.00. The summed E-state index contributed by atoms with van der Waals surface area (Å²) < 4.78 is 5.69. The molecule has 2 aromatic heterocycles. The Balaban J connectivity index is 1.39. The van der Waals surface area contributed by atoms with Gasteiger partial charge in [0.25, 0.3) is 5.56 Å². The van der Waals surface area contributed by atoms with Crippen molar-refractivity contribution in [3.8, 4) is 5.75 Å². The van der Waals surface area contributed by atoms with E-state index in [2.05, 4.69) is 11.9 Å². The van der Waals surface area contributed by atoms with Crippen molar-refractivity contribution in [2.45, 2.75) is 31.9 Å². The normalized spacial score (nSPS) is 16.6. The van der Waals surface area contributed by atoms with E-state index in [1.54, 1.807) is 23.1 Å². The SMILES string of the molecule is C[C@H]1CCc2c(sc3nc(CSCCOc4ccccc4)[nH]c(=O)c23)C1. The number of para-hydroxylation sites is 1. The minimum atomic E-state index is 0.0261. The van der Waals surface area contributed by atoms with E-state index in [4.69, 9.17) is 9.72 Å². The summed E-state index contributed by atoms with van der Waals surface area (Å²) in [6.07, 6.45) is 3.25. The van der Waals surface area contributed by atoms with Crippen molar-refractivity contribution in [2.75, 3.05) is 12.4 Å². The number of aromatic amines is 1. The molecule has 6 heteroatoms. The van der Waals surface area contributed by atoms with Gasteiger partial charge in [-0.05, 0) is 42.9 Å². The van der Waals surface area contributed by atoms with Crippen molar-refractivity contribution in [2.24, 2.45) is 5.92 Å². The van der Waals surface area contributed by atoms with Gasteiger partial charge in [-0.15, -0.1) is 11.3 Å². The van der Waals surface area contributed by atoms with Gasteiger partial charge in [0.2, 0.25) is 0 Å². The van der Waals surface area contributed by atoms with Crippen molar-refractivity contribution in [3.63, 3.8) is 0 Å². The molecule has 1 aliphatic carbocycles. The number of H-pyrrole nitrogens is 1. The molecule has 0 fully saturated rings. The van der Waals surface area contributed by atoms with Crippen molar-refractivity contribution in [1.82, 2.24) is 9.97 Å². The average molecular weight is 387 g/mol. The Bertz CT molecular complexity index is 950. The lowest BCUT2D eigenvalue weighted by atomic mass is 9.89. The second kappa shape index (κ2) is 7.84. The zero-order valence-electron chi connectivity index (χ0n) is 14.8. The van der Waals surface area contributed by atoms with E-state index >= 15 is 0 Å². The van der Waals surface area contributed by atoms with Gasteiger partial charge in [0.15, 0.2) is 0 Å². The molecular formula is C20H22N2O2S2. The molecule has 2 heterocycles. The number of aromatic nitrogens is 2. The van der Waals surface area contributed by atoms with E-state index in [1.165, 1.54) is 10.4 Å². The predicted molar refractivity (Wildman–Crippen MR) is 110 cm³/mol. The van der Waals surface area contributed by atoms with Crippen LogP contribution in [0.3, 0.4) is 0 Å². The number of ether oxygens (including phenoxy) is 1. The van der Waals surface area contributed by atoms with Crippen molar-refractivity contribution < 1.29 is 4.74 Å². The first-order chi connectivity index (χ1) is 12.7. The third-order valence-corrected chi connectivity index (χ3v) is 6.77. The fraction of sp³-hybridized carbons (Fsp3) is 0.400. The van der Waals surface area contributed by atoms with Gasteiger partial charge < -0.3 is 9.72 Å². The molecule has 26 heavy (non-hydrogen) atoms. The van der Waals surface area contributed by atoms with Gasteiger partial charge in [-0.3, -0.25) is 4.79 Å². The molecule has 0 bridgehead atoms. The molecule has 0 saturated carbocycles. The van der Waals surface area contributed by atoms with Gasteiger partial charge >= 0.3 is 0 Å². The Labute approximate surface area is 161 Å². The third-order valence-electron chi connectivity index (χ3n) is 4.69. The summed E-state index contributed by atoms with van der Waals surface area (Å²) >= 11 is 3.43. The molecule has 1 aromatic carbocycles. The van der Waals surface area contributed by atoms with Crippen molar-refractivity contribution >= 4 is 33.3 Å². The molecular weight excluding hydrogens is 364 g/mol. The summed E-state index contributed by atoms with van der Waals surface area (Å²) in [5.74, 6) is 3.91. The number of nitrogens with zero attached hydrogens (tertiary/aromatic N) is 1. The summed E-state index contributed by atoms with van der Waals surface area (Å²) in [7, 11) is 0. The van der Waals surface area contributed by atoms with Gasteiger partial charge in [-0.1, -0.05) is 25.1 Å². The number of thiophene rings is 1. The molecule has 3 aromatic rings. The molecule has 1 aliphatic rings. The first-order valence-corrected chi connectivity index (χ1v) is 11.0. The fourth-order valence-corrected chi connectivity index (χ4v) is 5.44. The highest BCUT2D eigenvalue weighted by atomic mass is 32.2. The fourth-order valence-electron chi connectivity index (χ4n) is 3.37. The van der Waals surface area contributed by atoms with Gasteiger partial charge in [-0.2, -0.15) is 11.8 Å². The minimum absolute atomic E-state index is 0.0261. The van der Waals surface area contributed by atoms with Gasteiger partial charge in [0.1, 0.15) is 16.4 Å². The maximum Gasteiger partial charge on any atom is 0.259 e. The van der Waals surface area contributed by atoms with Crippen molar-refractivity contribution in [1.29, 1.82) is 0 Å². The highest BCUT2D eigenvalue weighted by Crippen LogP contribution is 2.35. The monoisotopic (exact) mass is 386 g/mol. The van der Waals surface area contributed by atoms with Gasteiger partial charge in [0.05, 0.1) is 17.7 Å². The van der Waals surface area contributed by atoms with Crippen LogP contribution in [0.2, 0.25) is 0 Å². The molecule has 0 aliphatic heterocycles. The lowest BCUT2D eigenvalue weighted by molar-refractivity contribution is 0.344. The van der Waals surface area contributed by atoms with E-state index in [0.29, 0.717) is 18.3 Å². The second-order valence-corrected chi connectivity index (χ2v) is 8.95. The number of nitrogens with one attached hydrogen (secondary N) is 1. The molecule has 4 nitrogen and oxygen atoms in total. The number of benzene rings is 1. The number of fused-ring (bicyclic) bond motifs is 3. The predicted octanol–water partition coefficient (Wildman–Crippen LogP) is 4.42. The molecule has 0 unspecified atom stereocenters. The van der Waals surface area contributed by atoms with Crippen LogP contribution in [-0.2, 0) is 18.6 Å². The smallest absolute Gasteiger partial charge is 0.259 e. The summed E-state index contributed by atoms with van der Waals surface area (Å²) in [6.45, 7) is 2.93. The van der Waals surface area contributed by atoms with E-state index < -0.39 is 0 Å². The quantitative estimate of drug-likeness (QED) is 0.637. The van der Waals surface area contributed by atoms with Crippen LogP contribution in [0.25, 0.3) is 10.2 Å². The first kappa shape index (κ1) is 17.6. The van der Waals surface area contributed by atoms with Crippen LogP contribution in [0.1, 0.15) is 29.6 Å². The molecule has 0 amide bonds. The van der Waals surface area contributed by atoms with E-state index in [0.717, 1.165) is 46.8 Å². The van der Waals surface area contributed by atoms with Crippen LogP contribution >= 0.6 is 23.1 Å². The largest absolute Gasteiger partial charge is 0.493 e. The topological polar surface area (TPSA) is 55.0 Å². The summed E-state index contributed by atoms with van der Waals surface area (Å²) in [5.41, 5.74) is 1.27. The molecule has 1 atom stereocenters. The maximum atomic E-state index is 12.6. The third kappa shape index (κ3) is 3.81. The Morgan fingerprint density at radius 1 is 1.35 bits per heavy atom. The van der Waals surface area contributed by atoms with Crippen LogP contribution < -0.4 is 10.3 Å². The Kier molecular flexibility index (Phi) is 5.31. The number of hydrogen-bond acceptors (Lipinski definition) is 5. The Hall–Kier alpha value is -1.79. The minimum Gasteiger partial charge on any atom is -0.493 e. The summed E-state index contributed by atoms with van der Waals surface area (Å²) in [5, 5.41) is 0.832. The number of aryl methyl sites for hydroxylation is 1. The van der Waals surface area contributed by atoms with E-state index in [1.807, 2.05) is 30.3 Å². The lowest BCUT2D eigenvalue weighted by Gasteiger charge is -2.17. The van der Waals surface area contributed by atoms with Crippen LogP contribution in [0.15, 0.2) is 35.1 Å². The van der Waals surface area contributed by atoms with Crippen LogP contribution in [-0.4, -0.2) is 22.3 Å². The zero-order valence-corrected chi connectivity index (χ0v) is 16.4. The summed E-state index contributed by atoms with van der Waals surface area (Å²) in [6, 6.07) is 9.82. The second-order valence-electron chi connectivity index (χ2n) is 6.76. The highest BCUT2D eigenvalue weighted by Gasteiger charge is 2.22. The number of hydrogen-bond donors (Lipinski definition) is 1. The van der Waals surface area contributed by atoms with Crippen LogP contribution in [0, 0.1) is 5.92 Å². The maximum absolute atomic E-state index is 12.6. The standard InChI is InChI=1S/C20H22N2O2S2/c1-13-7-8-15-16(11-13)26-20-18(15)19(23)21-17(22-20)12-25-10-9-24-14-5-3-2-4-6-14/h2-6,13H,7-12H2,1H3,(H,21,22,23)/t13-/m0/s1. The lowest BCUT2D eigenvalue weighted by Crippen LogP contribution is -2.14. The molecule has 1 N–H and O–H groups in total. The molecule has 0 saturated heterocycles. The Morgan fingerprint density at radius 3 is 3.04 bits per heavy atom. The highest BCUT2D eigenvalue weighted by molar-refractivity contribution is 7.98. The molecule has 0 radical (unpaired) electrons. The van der Waals surface area contributed by atoms with Gasteiger partial charge in [0, 0.05) is 10.6 Å². The van der Waals surface area contributed by atoms with E-state index in [9.17, 15) is 4.79 Å². The van der Waals surface area contributed by atoms with Crippen molar-refractivity contribution in [3.05, 3.63) is 57.0 Å². The molecule has 136 valence electrons. The first-order valence-electron chi connectivity index (χ1n) is 8.99. The number of rotatable bonds is 6. The number of thioether (sulfide) groups is 1. The van der Waals surface area contributed by atoms with Crippen LogP contribution in [0.4, 0.5) is 0 Å². The molecule has 4 rings (SSSR count). The Morgan fingerprint density at radius 2 is 2.19 bits per heavy atom. The van der Waals surface area contributed by atoms with Gasteiger partial charge in [-0.25, -0.2) is 4.98 Å².